The lowest BCUT2D eigenvalue weighted by Gasteiger charge is -2.22. The Labute approximate surface area is 345 Å². The molecule has 0 saturated carbocycles. The van der Waals surface area contributed by atoms with Crippen LogP contribution in [0.4, 0.5) is 0 Å². The van der Waals surface area contributed by atoms with Crippen LogP contribution in [0, 0.1) is 11.8 Å². The van der Waals surface area contributed by atoms with Crippen LogP contribution in [-0.2, 0) is 30.0 Å². The van der Waals surface area contributed by atoms with Crippen LogP contribution in [0.15, 0.2) is 0 Å². The maximum absolute atomic E-state index is 12.4. The first-order valence-electron chi connectivity index (χ1n) is 24.0. The molecule has 55 heavy (non-hydrogen) atoms. The predicted octanol–water partition coefficient (Wildman–Crippen LogP) is 13.1. The van der Waals surface area contributed by atoms with Crippen LogP contribution >= 0.6 is 0 Å². The molecule has 0 aliphatic carbocycles. The highest BCUT2D eigenvalue weighted by Gasteiger charge is 2.13. The Morgan fingerprint density at radius 2 is 0.836 bits per heavy atom. The molecular formula is C47H94N2O5S. The Kier molecular flexibility index (Phi) is 41.8. The molecule has 0 aliphatic heterocycles. The van der Waals surface area contributed by atoms with Crippen LogP contribution in [-0.4, -0.2) is 66.2 Å². The smallest absolute Gasteiger partial charge is 0.305 e. The van der Waals surface area contributed by atoms with E-state index in [1.807, 2.05) is 6.92 Å². The summed E-state index contributed by atoms with van der Waals surface area (Å²) in [5.41, 5.74) is 0. The van der Waals surface area contributed by atoms with Gasteiger partial charge in [-0.1, -0.05) is 176 Å². The second kappa shape index (κ2) is 42.6. The van der Waals surface area contributed by atoms with E-state index in [0.29, 0.717) is 43.6 Å². The fraction of sp³-hybridized carbons (Fsp3) is 0.957. The molecule has 0 aromatic rings. The molecule has 1 N–H and O–H groups in total. The second-order valence-electron chi connectivity index (χ2n) is 16.5. The number of hydrogen-bond acceptors (Lipinski definition) is 6. The minimum atomic E-state index is -0.920. The van der Waals surface area contributed by atoms with E-state index in [1.165, 1.54) is 128 Å². The van der Waals surface area contributed by atoms with E-state index in [4.69, 9.17) is 9.47 Å². The van der Waals surface area contributed by atoms with Gasteiger partial charge >= 0.3 is 11.9 Å². The molecule has 0 amide bonds. The number of nitrogens with one attached hydrogen (secondary N) is 1. The summed E-state index contributed by atoms with van der Waals surface area (Å²) in [6.07, 6.45) is 35.9. The summed E-state index contributed by atoms with van der Waals surface area (Å²) in [6.45, 7) is 16.2. The number of carbonyl (C=O) groups excluding carboxylic acids is 2. The van der Waals surface area contributed by atoms with Crippen molar-refractivity contribution in [2.45, 2.75) is 234 Å². The van der Waals surface area contributed by atoms with Crippen LogP contribution < -0.4 is 4.72 Å². The van der Waals surface area contributed by atoms with Crippen LogP contribution in [0.2, 0.25) is 0 Å². The van der Waals surface area contributed by atoms with E-state index in [9.17, 15) is 13.8 Å². The molecule has 0 aromatic carbocycles. The standard InChI is InChI=1S/C47H94N2O5S/c1-6-11-21-30-44(31-22-12-7-2)36-42-53-46(50)34-25-17-15-19-27-39-49(41-29-38-48-55(52)10-5)40-28-20-16-18-26-35-47(51)54-43-37-45(32-23-13-8-3)33-24-14-9-4/h44-45,48H,6-43H2,1-5H3. The van der Waals surface area contributed by atoms with E-state index in [-0.39, 0.29) is 11.9 Å². The molecule has 328 valence electrons. The lowest BCUT2D eigenvalue weighted by molar-refractivity contribution is -0.145. The zero-order chi connectivity index (χ0) is 40.5. The molecule has 7 nitrogen and oxygen atoms in total. The summed E-state index contributed by atoms with van der Waals surface area (Å²) in [4.78, 5) is 27.3. The summed E-state index contributed by atoms with van der Waals surface area (Å²) < 4.78 is 26.2. The average molecular weight is 799 g/mol. The van der Waals surface area contributed by atoms with Gasteiger partial charge < -0.3 is 14.4 Å². The van der Waals surface area contributed by atoms with Crippen molar-refractivity contribution in [3.8, 4) is 0 Å². The van der Waals surface area contributed by atoms with Crippen molar-refractivity contribution in [3.63, 3.8) is 0 Å². The van der Waals surface area contributed by atoms with Gasteiger partial charge in [0.15, 0.2) is 0 Å². The summed E-state index contributed by atoms with van der Waals surface area (Å²) in [7, 11) is -0.920. The van der Waals surface area contributed by atoms with Gasteiger partial charge in [-0.15, -0.1) is 0 Å². The fourth-order valence-electron chi connectivity index (χ4n) is 7.62. The first-order valence-corrected chi connectivity index (χ1v) is 25.4. The Balaban J connectivity index is 4.25. The van der Waals surface area contributed by atoms with Crippen LogP contribution in [0.1, 0.15) is 234 Å². The van der Waals surface area contributed by atoms with Crippen LogP contribution in [0.5, 0.6) is 0 Å². The number of unbranched alkanes of at least 4 members (excludes halogenated alkanes) is 16. The van der Waals surface area contributed by atoms with Gasteiger partial charge in [0.2, 0.25) is 0 Å². The van der Waals surface area contributed by atoms with Gasteiger partial charge in [0.25, 0.3) is 0 Å². The topological polar surface area (TPSA) is 84.9 Å². The normalized spacial score (nSPS) is 12.3. The highest BCUT2D eigenvalue weighted by Crippen LogP contribution is 2.22. The minimum absolute atomic E-state index is 0.0146. The van der Waals surface area contributed by atoms with Gasteiger partial charge in [0.05, 0.1) is 24.2 Å². The minimum Gasteiger partial charge on any atom is -0.466 e. The molecule has 8 heteroatoms. The zero-order valence-electron chi connectivity index (χ0n) is 37.4. The van der Waals surface area contributed by atoms with Crippen LogP contribution in [0.3, 0.4) is 0 Å². The number of nitrogens with zero attached hydrogens (tertiary/aromatic N) is 1. The van der Waals surface area contributed by atoms with E-state index in [2.05, 4.69) is 37.3 Å². The third-order valence-electron chi connectivity index (χ3n) is 11.3. The molecule has 0 heterocycles. The molecule has 0 aliphatic rings. The number of hydrogen-bond donors (Lipinski definition) is 1. The number of ether oxygens (including phenoxy) is 2. The summed E-state index contributed by atoms with van der Waals surface area (Å²) in [6, 6.07) is 0. The van der Waals surface area contributed by atoms with Gasteiger partial charge in [0.1, 0.15) is 0 Å². The SMILES string of the molecule is CCCCCC(CCCCC)CCOC(=O)CCCCCCCN(CCCCCCCC(=O)OCCC(CCCCC)CCCCC)CCCNS(=O)CC. The summed E-state index contributed by atoms with van der Waals surface area (Å²) in [5.74, 6) is 2.03. The maximum Gasteiger partial charge on any atom is 0.305 e. The van der Waals surface area contributed by atoms with Crippen molar-refractivity contribution in [2.75, 3.05) is 45.1 Å². The number of carbonyl (C=O) groups is 2. The quantitative estimate of drug-likeness (QED) is 0.0488. The molecule has 0 bridgehead atoms. The van der Waals surface area contributed by atoms with E-state index in [0.717, 1.165) is 84.0 Å². The Bertz CT molecular complexity index is 783. The molecule has 0 spiro atoms. The van der Waals surface area contributed by atoms with Gasteiger partial charge in [-0.2, -0.15) is 0 Å². The van der Waals surface area contributed by atoms with Crippen molar-refractivity contribution in [1.82, 2.24) is 9.62 Å². The van der Waals surface area contributed by atoms with Crippen LogP contribution in [0.25, 0.3) is 0 Å². The average Bonchev–Trinajstić information content (AvgIpc) is 3.18. The predicted molar refractivity (Wildman–Crippen MR) is 238 cm³/mol. The lowest BCUT2D eigenvalue weighted by atomic mass is 9.92. The van der Waals surface area contributed by atoms with E-state index >= 15 is 0 Å². The molecular weight excluding hydrogens is 705 g/mol. The molecule has 1 unspecified atom stereocenters. The summed E-state index contributed by atoms with van der Waals surface area (Å²) >= 11 is 0. The first kappa shape index (κ1) is 54.0. The van der Waals surface area contributed by atoms with Crippen molar-refractivity contribution < 1.29 is 23.3 Å². The third-order valence-corrected chi connectivity index (χ3v) is 12.4. The highest BCUT2D eigenvalue weighted by atomic mass is 32.2. The van der Waals surface area contributed by atoms with Gasteiger partial charge in [-0.3, -0.25) is 9.59 Å². The summed E-state index contributed by atoms with van der Waals surface area (Å²) in [5, 5.41) is 0. The first-order chi connectivity index (χ1) is 26.9. The van der Waals surface area contributed by atoms with Gasteiger partial charge in [-0.05, 0) is 76.4 Å². The highest BCUT2D eigenvalue weighted by molar-refractivity contribution is 7.82. The lowest BCUT2D eigenvalue weighted by Crippen LogP contribution is -2.30. The second-order valence-corrected chi connectivity index (χ2v) is 18.0. The Morgan fingerprint density at radius 1 is 0.473 bits per heavy atom. The van der Waals surface area contributed by atoms with E-state index < -0.39 is 11.0 Å². The molecule has 0 fully saturated rings. The molecule has 0 aromatic heterocycles. The number of esters is 2. The van der Waals surface area contributed by atoms with E-state index in [1.54, 1.807) is 0 Å². The monoisotopic (exact) mass is 799 g/mol. The Morgan fingerprint density at radius 3 is 1.22 bits per heavy atom. The van der Waals surface area contributed by atoms with Crippen molar-refractivity contribution in [1.29, 1.82) is 0 Å². The Hall–Kier alpha value is -0.990. The van der Waals surface area contributed by atoms with Gasteiger partial charge in [0, 0.05) is 25.1 Å². The molecule has 1 atom stereocenters. The molecule has 0 rings (SSSR count). The number of rotatable bonds is 44. The van der Waals surface area contributed by atoms with Crippen molar-refractivity contribution in [2.24, 2.45) is 11.8 Å². The molecule has 0 saturated heterocycles. The molecule has 0 radical (unpaired) electrons. The van der Waals surface area contributed by atoms with Crippen molar-refractivity contribution in [3.05, 3.63) is 0 Å². The zero-order valence-corrected chi connectivity index (χ0v) is 38.2. The third kappa shape index (κ3) is 38.3. The largest absolute Gasteiger partial charge is 0.466 e. The van der Waals surface area contributed by atoms with Crippen molar-refractivity contribution >= 4 is 22.9 Å². The fourth-order valence-corrected chi connectivity index (χ4v) is 8.19. The maximum atomic E-state index is 12.4. The van der Waals surface area contributed by atoms with Gasteiger partial charge in [-0.25, -0.2) is 8.93 Å².